The molecule has 0 spiro atoms. The van der Waals surface area contributed by atoms with Crippen LogP contribution in [0.5, 0.6) is 5.75 Å². The molecule has 1 aliphatic rings. The molecule has 6 heteroatoms. The van der Waals surface area contributed by atoms with E-state index in [1.54, 1.807) is 0 Å². The summed E-state index contributed by atoms with van der Waals surface area (Å²) < 4.78 is 26.3. The third-order valence-electron chi connectivity index (χ3n) is 3.33. The Morgan fingerprint density at radius 2 is 1.82 bits per heavy atom. The first kappa shape index (κ1) is 14.2. The molecule has 0 saturated heterocycles. The number of anilines is 1. The van der Waals surface area contributed by atoms with Crippen LogP contribution in [-0.2, 0) is 0 Å². The second-order valence-corrected chi connectivity index (χ2v) is 4.73. The highest BCUT2D eigenvalue weighted by molar-refractivity contribution is 6.50. The average Bonchev–Trinajstić information content (AvgIpc) is 3.01. The number of phenolic OH excluding ortho intramolecular Hbond substituents is 1. The summed E-state index contributed by atoms with van der Waals surface area (Å²) in [4.78, 5) is 8.61. The number of hydrogen-bond acceptors (Lipinski definition) is 4. The maximum atomic E-state index is 13.3. The third kappa shape index (κ3) is 2.67. The van der Waals surface area contributed by atoms with Gasteiger partial charge in [0, 0.05) is 5.56 Å². The molecule has 0 bridgehead atoms. The highest BCUT2D eigenvalue weighted by Gasteiger charge is 2.17. The molecule has 4 nitrogen and oxygen atoms in total. The number of nitrogens with zero attached hydrogens (tertiary/aromatic N) is 2. The molecule has 0 atom stereocenters. The lowest BCUT2D eigenvalue weighted by atomic mass is 10.1. The number of hydrogen-bond donors (Lipinski definition) is 2. The van der Waals surface area contributed by atoms with Crippen LogP contribution in [0.25, 0.3) is 0 Å². The first-order valence-corrected chi connectivity index (χ1v) is 6.71. The van der Waals surface area contributed by atoms with E-state index < -0.39 is 17.4 Å². The zero-order valence-corrected chi connectivity index (χ0v) is 11.6. The molecule has 1 aliphatic heterocycles. The van der Waals surface area contributed by atoms with Crippen LogP contribution in [0.4, 0.5) is 14.5 Å². The van der Waals surface area contributed by atoms with Gasteiger partial charge in [-0.3, -0.25) is 9.98 Å². The van der Waals surface area contributed by atoms with Crippen molar-refractivity contribution in [2.75, 3.05) is 18.5 Å². The molecule has 0 unspecified atom stereocenters. The molecule has 0 radical (unpaired) electrons. The molecular formula is C16H13F2N3O. The fourth-order valence-corrected chi connectivity index (χ4v) is 2.21. The second-order valence-electron chi connectivity index (χ2n) is 4.73. The quantitative estimate of drug-likeness (QED) is 0.853. The number of aromatic hydroxyl groups is 1. The summed E-state index contributed by atoms with van der Waals surface area (Å²) in [7, 11) is 0. The minimum absolute atomic E-state index is 0.112. The molecule has 0 saturated carbocycles. The number of aliphatic imine (C=N–C) groups is 2. The lowest BCUT2D eigenvalue weighted by molar-refractivity contribution is 0.409. The molecule has 112 valence electrons. The van der Waals surface area contributed by atoms with Crippen molar-refractivity contribution in [3.05, 3.63) is 59.7 Å². The van der Waals surface area contributed by atoms with Crippen molar-refractivity contribution in [2.45, 2.75) is 0 Å². The summed E-state index contributed by atoms with van der Waals surface area (Å²) in [6.45, 7) is 0.595. The van der Waals surface area contributed by atoms with E-state index in [1.807, 2.05) is 30.3 Å². The summed E-state index contributed by atoms with van der Waals surface area (Å²) >= 11 is 0. The lowest BCUT2D eigenvalue weighted by Crippen LogP contribution is -2.22. The van der Waals surface area contributed by atoms with Gasteiger partial charge in [-0.15, -0.1) is 0 Å². The van der Waals surface area contributed by atoms with Crippen molar-refractivity contribution in [3.8, 4) is 5.75 Å². The second kappa shape index (κ2) is 5.93. The van der Waals surface area contributed by atoms with Crippen LogP contribution >= 0.6 is 0 Å². The third-order valence-corrected chi connectivity index (χ3v) is 3.33. The Balaban J connectivity index is 1.75. The van der Waals surface area contributed by atoms with E-state index in [2.05, 4.69) is 15.3 Å². The Labute approximate surface area is 125 Å². The van der Waals surface area contributed by atoms with E-state index in [1.165, 1.54) is 6.07 Å². The van der Waals surface area contributed by atoms with Gasteiger partial charge in [-0.1, -0.05) is 30.3 Å². The molecule has 0 aromatic heterocycles. The Morgan fingerprint density at radius 3 is 2.59 bits per heavy atom. The van der Waals surface area contributed by atoms with Crippen LogP contribution in [-0.4, -0.2) is 29.7 Å². The van der Waals surface area contributed by atoms with E-state index in [0.717, 1.165) is 17.3 Å². The first-order valence-electron chi connectivity index (χ1n) is 6.71. The first-order chi connectivity index (χ1) is 10.7. The maximum Gasteiger partial charge on any atom is 0.202 e. The van der Waals surface area contributed by atoms with Gasteiger partial charge in [-0.2, -0.15) is 4.39 Å². The number of benzene rings is 2. The van der Waals surface area contributed by atoms with Crippen LogP contribution in [0.15, 0.2) is 52.4 Å². The SMILES string of the molecule is Oc1c(NCC2=NCN=C2c2ccccc2)ccc(F)c1F. The molecule has 0 aliphatic carbocycles. The van der Waals surface area contributed by atoms with Gasteiger partial charge >= 0.3 is 0 Å². The Hall–Kier alpha value is -2.76. The molecule has 2 aromatic rings. The molecule has 2 N–H and O–H groups in total. The molecule has 22 heavy (non-hydrogen) atoms. The number of halogens is 2. The highest BCUT2D eigenvalue weighted by atomic mass is 19.2. The summed E-state index contributed by atoms with van der Waals surface area (Å²) in [5.74, 6) is -3.10. The summed E-state index contributed by atoms with van der Waals surface area (Å²) in [6.07, 6.45) is 0. The maximum absolute atomic E-state index is 13.3. The average molecular weight is 301 g/mol. The highest BCUT2D eigenvalue weighted by Crippen LogP contribution is 2.28. The van der Waals surface area contributed by atoms with Gasteiger partial charge in [-0.05, 0) is 12.1 Å². The van der Waals surface area contributed by atoms with Gasteiger partial charge in [0.1, 0.15) is 6.67 Å². The van der Waals surface area contributed by atoms with Crippen LogP contribution < -0.4 is 5.32 Å². The fourth-order valence-electron chi connectivity index (χ4n) is 2.21. The predicted octanol–water partition coefficient (Wildman–Crippen LogP) is 2.98. The van der Waals surface area contributed by atoms with Gasteiger partial charge in [-0.25, -0.2) is 4.39 Å². The topological polar surface area (TPSA) is 57.0 Å². The fraction of sp³-hybridized carbons (Fsp3) is 0.125. The monoisotopic (exact) mass is 301 g/mol. The van der Waals surface area contributed by atoms with E-state index in [9.17, 15) is 13.9 Å². The summed E-state index contributed by atoms with van der Waals surface area (Å²) in [5, 5.41) is 12.4. The van der Waals surface area contributed by atoms with E-state index in [-0.39, 0.29) is 12.2 Å². The van der Waals surface area contributed by atoms with Crippen molar-refractivity contribution in [2.24, 2.45) is 9.98 Å². The van der Waals surface area contributed by atoms with E-state index in [4.69, 9.17) is 0 Å². The molecule has 0 amide bonds. The number of phenols is 1. The van der Waals surface area contributed by atoms with Gasteiger partial charge in [0.2, 0.25) is 5.82 Å². The predicted molar refractivity (Wildman–Crippen MR) is 81.8 cm³/mol. The van der Waals surface area contributed by atoms with E-state index in [0.29, 0.717) is 12.4 Å². The van der Waals surface area contributed by atoms with Crippen LogP contribution in [0.3, 0.4) is 0 Å². The Morgan fingerprint density at radius 1 is 1.05 bits per heavy atom. The van der Waals surface area contributed by atoms with Crippen molar-refractivity contribution < 1.29 is 13.9 Å². The van der Waals surface area contributed by atoms with Gasteiger partial charge in [0.05, 0.1) is 23.7 Å². The van der Waals surface area contributed by atoms with Crippen LogP contribution in [0, 0.1) is 11.6 Å². The number of rotatable bonds is 4. The van der Waals surface area contributed by atoms with Crippen LogP contribution in [0.2, 0.25) is 0 Å². The minimum Gasteiger partial charge on any atom is -0.503 e. The molecular weight excluding hydrogens is 288 g/mol. The Kier molecular flexibility index (Phi) is 3.82. The summed E-state index contributed by atoms with van der Waals surface area (Å²) in [6, 6.07) is 11.8. The molecule has 1 heterocycles. The molecule has 2 aromatic carbocycles. The Bertz CT molecular complexity index is 757. The van der Waals surface area contributed by atoms with Crippen molar-refractivity contribution in [3.63, 3.8) is 0 Å². The normalized spacial score (nSPS) is 13.7. The number of nitrogens with one attached hydrogen (secondary N) is 1. The molecule has 3 rings (SSSR count). The van der Waals surface area contributed by atoms with Gasteiger partial charge in [0.15, 0.2) is 11.6 Å². The van der Waals surface area contributed by atoms with Gasteiger partial charge < -0.3 is 10.4 Å². The zero-order chi connectivity index (χ0) is 15.5. The van der Waals surface area contributed by atoms with E-state index >= 15 is 0 Å². The zero-order valence-electron chi connectivity index (χ0n) is 11.6. The van der Waals surface area contributed by atoms with Gasteiger partial charge in [0.25, 0.3) is 0 Å². The van der Waals surface area contributed by atoms with Crippen molar-refractivity contribution >= 4 is 17.1 Å². The van der Waals surface area contributed by atoms with Crippen molar-refractivity contribution in [1.29, 1.82) is 0 Å². The molecule has 0 fully saturated rings. The smallest absolute Gasteiger partial charge is 0.202 e. The van der Waals surface area contributed by atoms with Crippen LogP contribution in [0.1, 0.15) is 5.56 Å². The largest absolute Gasteiger partial charge is 0.503 e. The standard InChI is InChI=1S/C16H13F2N3O/c17-11-6-7-12(16(22)14(11)18)19-8-13-15(21-9-20-13)10-4-2-1-3-5-10/h1-7,19,22H,8-9H2. The summed E-state index contributed by atoms with van der Waals surface area (Å²) in [5.41, 5.74) is 2.52. The lowest BCUT2D eigenvalue weighted by Gasteiger charge is -2.10. The van der Waals surface area contributed by atoms with Crippen molar-refractivity contribution in [1.82, 2.24) is 0 Å². The minimum atomic E-state index is -1.27.